The van der Waals surface area contributed by atoms with E-state index in [9.17, 15) is 4.79 Å². The lowest BCUT2D eigenvalue weighted by molar-refractivity contribution is -0.124. The molecule has 1 amide bonds. The van der Waals surface area contributed by atoms with Crippen LogP contribution in [0.2, 0.25) is 0 Å². The van der Waals surface area contributed by atoms with Crippen molar-refractivity contribution in [2.75, 3.05) is 33.7 Å². The third kappa shape index (κ3) is 3.68. The molecule has 0 aromatic heterocycles. The highest BCUT2D eigenvalue weighted by Gasteiger charge is 2.37. The Labute approximate surface area is 117 Å². The molecule has 0 aliphatic carbocycles. The molecule has 5 heteroatoms. The molecule has 19 heavy (non-hydrogen) atoms. The molecule has 1 saturated heterocycles. The van der Waals surface area contributed by atoms with Crippen LogP contribution in [-0.2, 0) is 4.79 Å². The Morgan fingerprint density at radius 1 is 1.47 bits per heavy atom. The summed E-state index contributed by atoms with van der Waals surface area (Å²) in [5.41, 5.74) is 5.05. The normalized spacial score (nSPS) is 25.8. The van der Waals surface area contributed by atoms with Crippen LogP contribution in [0.5, 0.6) is 0 Å². The van der Waals surface area contributed by atoms with Crippen molar-refractivity contribution in [3.63, 3.8) is 0 Å². The number of nitrogens with two attached hydrogens (primary N) is 1. The summed E-state index contributed by atoms with van der Waals surface area (Å²) >= 11 is 0. The van der Waals surface area contributed by atoms with E-state index in [2.05, 4.69) is 42.9 Å². The number of carbonyl (C=O) groups is 1. The van der Waals surface area contributed by atoms with Crippen LogP contribution in [-0.4, -0.2) is 66.6 Å². The molecular weight excluding hydrogens is 240 g/mol. The lowest BCUT2D eigenvalue weighted by Gasteiger charge is -2.48. The van der Waals surface area contributed by atoms with E-state index < -0.39 is 5.54 Å². The third-order valence-corrected chi connectivity index (χ3v) is 4.77. The smallest absolute Gasteiger partial charge is 0.237 e. The summed E-state index contributed by atoms with van der Waals surface area (Å²) in [5, 5.41) is 3.07. The summed E-state index contributed by atoms with van der Waals surface area (Å²) in [4.78, 5) is 16.4. The second kappa shape index (κ2) is 5.77. The maximum Gasteiger partial charge on any atom is 0.237 e. The second-order valence-electron chi connectivity index (χ2n) is 6.70. The Balaban J connectivity index is 2.69. The fourth-order valence-corrected chi connectivity index (χ4v) is 2.70. The van der Waals surface area contributed by atoms with Crippen molar-refractivity contribution in [1.82, 2.24) is 15.1 Å². The van der Waals surface area contributed by atoms with Gasteiger partial charge in [0, 0.05) is 31.2 Å². The van der Waals surface area contributed by atoms with E-state index in [1.807, 2.05) is 6.92 Å². The minimum Gasteiger partial charge on any atom is -0.368 e. The van der Waals surface area contributed by atoms with Crippen LogP contribution in [0.4, 0.5) is 0 Å². The molecule has 112 valence electrons. The molecular formula is C14H30N4O. The van der Waals surface area contributed by atoms with Crippen LogP contribution >= 0.6 is 0 Å². The molecule has 2 atom stereocenters. The van der Waals surface area contributed by atoms with E-state index in [1.54, 1.807) is 7.05 Å². The van der Waals surface area contributed by atoms with Gasteiger partial charge < -0.3 is 11.1 Å². The number of primary amides is 1. The highest BCUT2D eigenvalue weighted by Crippen LogP contribution is 2.23. The van der Waals surface area contributed by atoms with Gasteiger partial charge in [-0.25, -0.2) is 0 Å². The SMILES string of the molecule is CNC(C)(CC(C)N1CCN(C)C(C)(C)C1)C(N)=O. The predicted octanol–water partition coefficient (Wildman–Crippen LogP) is 0.254. The Morgan fingerprint density at radius 2 is 2.05 bits per heavy atom. The van der Waals surface area contributed by atoms with Crippen molar-refractivity contribution < 1.29 is 4.79 Å². The standard InChI is InChI=1S/C14H30N4O/c1-11(9-14(4,16-5)12(15)19)18-8-7-17(6)13(2,3)10-18/h11,16H,7-10H2,1-6H3,(H2,15,19). The van der Waals surface area contributed by atoms with Crippen molar-refractivity contribution in [1.29, 1.82) is 0 Å². The summed E-state index contributed by atoms with van der Waals surface area (Å²) < 4.78 is 0. The number of hydrogen-bond acceptors (Lipinski definition) is 4. The van der Waals surface area contributed by atoms with Gasteiger partial charge in [0.05, 0.1) is 5.54 Å². The van der Waals surface area contributed by atoms with Gasteiger partial charge in [-0.2, -0.15) is 0 Å². The van der Waals surface area contributed by atoms with Gasteiger partial charge in [0.25, 0.3) is 0 Å². The molecule has 1 aliphatic rings. The Bertz CT molecular complexity index is 331. The Kier molecular flexibility index (Phi) is 4.98. The second-order valence-corrected chi connectivity index (χ2v) is 6.70. The Hall–Kier alpha value is -0.650. The van der Waals surface area contributed by atoms with Gasteiger partial charge in [-0.15, -0.1) is 0 Å². The fraction of sp³-hybridized carbons (Fsp3) is 0.929. The van der Waals surface area contributed by atoms with Gasteiger partial charge >= 0.3 is 0 Å². The molecule has 1 rings (SSSR count). The van der Waals surface area contributed by atoms with Crippen LogP contribution in [0.3, 0.4) is 0 Å². The van der Waals surface area contributed by atoms with Crippen LogP contribution in [0.15, 0.2) is 0 Å². The molecule has 1 fully saturated rings. The minimum atomic E-state index is -0.632. The highest BCUT2D eigenvalue weighted by molar-refractivity contribution is 5.84. The number of likely N-dealkylation sites (N-methyl/N-ethyl adjacent to an activating group) is 2. The average molecular weight is 270 g/mol. The number of piperazine rings is 1. The van der Waals surface area contributed by atoms with E-state index in [0.717, 1.165) is 26.1 Å². The molecule has 5 nitrogen and oxygen atoms in total. The predicted molar refractivity (Wildman–Crippen MR) is 79.0 cm³/mol. The molecule has 3 N–H and O–H groups in total. The van der Waals surface area contributed by atoms with Crippen LogP contribution in [0.1, 0.15) is 34.1 Å². The van der Waals surface area contributed by atoms with Gasteiger partial charge in [0.2, 0.25) is 5.91 Å². The van der Waals surface area contributed by atoms with Gasteiger partial charge in [0.1, 0.15) is 0 Å². The zero-order valence-electron chi connectivity index (χ0n) is 13.3. The number of carbonyl (C=O) groups excluding carboxylic acids is 1. The monoisotopic (exact) mass is 270 g/mol. The minimum absolute atomic E-state index is 0.176. The average Bonchev–Trinajstić information content (AvgIpc) is 2.32. The first kappa shape index (κ1) is 16.4. The fourth-order valence-electron chi connectivity index (χ4n) is 2.70. The van der Waals surface area contributed by atoms with E-state index in [-0.39, 0.29) is 11.4 Å². The molecule has 2 unspecified atom stereocenters. The summed E-state index contributed by atoms with van der Waals surface area (Å²) in [6.07, 6.45) is 0.735. The lowest BCUT2D eigenvalue weighted by Crippen LogP contribution is -2.61. The maximum absolute atomic E-state index is 11.6. The van der Waals surface area contributed by atoms with Gasteiger partial charge in [-0.05, 0) is 48.2 Å². The van der Waals surface area contributed by atoms with Crippen molar-refractivity contribution in [2.24, 2.45) is 5.73 Å². The highest BCUT2D eigenvalue weighted by atomic mass is 16.1. The summed E-state index contributed by atoms with van der Waals surface area (Å²) in [6, 6.07) is 0.331. The lowest BCUT2D eigenvalue weighted by atomic mass is 9.90. The zero-order valence-corrected chi connectivity index (χ0v) is 13.3. The van der Waals surface area contributed by atoms with E-state index in [4.69, 9.17) is 5.73 Å². The van der Waals surface area contributed by atoms with Crippen molar-refractivity contribution >= 4 is 5.91 Å². The van der Waals surface area contributed by atoms with Crippen molar-refractivity contribution in [3.8, 4) is 0 Å². The number of nitrogens with one attached hydrogen (secondary N) is 1. The van der Waals surface area contributed by atoms with Crippen LogP contribution < -0.4 is 11.1 Å². The molecule has 0 radical (unpaired) electrons. The zero-order chi connectivity index (χ0) is 14.8. The van der Waals surface area contributed by atoms with Crippen molar-refractivity contribution in [3.05, 3.63) is 0 Å². The molecule has 0 aromatic carbocycles. The van der Waals surface area contributed by atoms with Gasteiger partial charge in [0.15, 0.2) is 0 Å². The number of hydrogen-bond donors (Lipinski definition) is 2. The first-order valence-electron chi connectivity index (χ1n) is 7.06. The quantitative estimate of drug-likeness (QED) is 0.752. The summed E-state index contributed by atoms with van der Waals surface area (Å²) in [7, 11) is 3.97. The first-order valence-corrected chi connectivity index (χ1v) is 7.06. The molecule has 1 heterocycles. The van der Waals surface area contributed by atoms with Crippen molar-refractivity contribution in [2.45, 2.75) is 51.2 Å². The number of amides is 1. The maximum atomic E-state index is 11.6. The molecule has 0 aromatic rings. The third-order valence-electron chi connectivity index (χ3n) is 4.77. The number of rotatable bonds is 5. The molecule has 0 spiro atoms. The number of nitrogens with zero attached hydrogens (tertiary/aromatic N) is 2. The Morgan fingerprint density at radius 3 is 2.47 bits per heavy atom. The summed E-state index contributed by atoms with van der Waals surface area (Å²) in [5.74, 6) is -0.282. The van der Waals surface area contributed by atoms with E-state index in [1.165, 1.54) is 0 Å². The van der Waals surface area contributed by atoms with Crippen LogP contribution in [0, 0.1) is 0 Å². The van der Waals surface area contributed by atoms with Gasteiger partial charge in [-0.3, -0.25) is 14.6 Å². The van der Waals surface area contributed by atoms with E-state index >= 15 is 0 Å². The largest absolute Gasteiger partial charge is 0.368 e. The topological polar surface area (TPSA) is 61.6 Å². The molecule has 0 bridgehead atoms. The van der Waals surface area contributed by atoms with E-state index in [0.29, 0.717) is 6.04 Å². The van der Waals surface area contributed by atoms with Gasteiger partial charge in [-0.1, -0.05) is 0 Å². The van der Waals surface area contributed by atoms with Crippen LogP contribution in [0.25, 0.3) is 0 Å². The molecule has 0 saturated carbocycles. The molecule has 1 aliphatic heterocycles. The summed E-state index contributed by atoms with van der Waals surface area (Å²) in [6.45, 7) is 11.7. The first-order chi connectivity index (χ1) is 8.62.